The first-order valence-corrected chi connectivity index (χ1v) is 7.97. The highest BCUT2D eigenvalue weighted by molar-refractivity contribution is 5.84. The Morgan fingerprint density at radius 2 is 2.09 bits per heavy atom. The van der Waals surface area contributed by atoms with Crippen LogP contribution in [0.1, 0.15) is 32.7 Å². The number of rotatable bonds is 5. The molecule has 0 unspecified atom stereocenters. The third-order valence-corrected chi connectivity index (χ3v) is 4.76. The second kappa shape index (κ2) is 6.49. The molecule has 1 aromatic carbocycles. The largest absolute Gasteiger partial charge is 0.468 e. The molecule has 22 heavy (non-hydrogen) atoms. The van der Waals surface area contributed by atoms with E-state index in [4.69, 9.17) is 4.74 Å². The van der Waals surface area contributed by atoms with Crippen LogP contribution in [0, 0.1) is 0 Å². The van der Waals surface area contributed by atoms with Crippen molar-refractivity contribution >= 4 is 5.97 Å². The van der Waals surface area contributed by atoms with E-state index in [1.165, 1.54) is 12.7 Å². The second-order valence-corrected chi connectivity index (χ2v) is 6.18. The quantitative estimate of drug-likeness (QED) is 0.847. The summed E-state index contributed by atoms with van der Waals surface area (Å²) in [6.45, 7) is 0.882. The van der Waals surface area contributed by atoms with E-state index in [1.54, 1.807) is 0 Å². The average molecular weight is 299 g/mol. The van der Waals surface area contributed by atoms with Gasteiger partial charge in [0.2, 0.25) is 0 Å². The van der Waals surface area contributed by atoms with Gasteiger partial charge in [0.05, 0.1) is 12.5 Å². The molecule has 1 saturated carbocycles. The molecule has 0 atom stereocenters. The van der Waals surface area contributed by atoms with Crippen molar-refractivity contribution in [3.63, 3.8) is 0 Å². The molecule has 0 heterocycles. The smallest absolute Gasteiger partial charge is 0.316 e. The number of allylic oxidation sites excluding steroid dienone is 2. The zero-order chi connectivity index (χ0) is 15.4. The molecule has 0 saturated heterocycles. The summed E-state index contributed by atoms with van der Waals surface area (Å²) in [6, 6.07) is 10.4. The summed E-state index contributed by atoms with van der Waals surface area (Å²) in [5.41, 5.74) is 1.95. The first-order chi connectivity index (χ1) is 10.7. The molecular weight excluding hydrogens is 274 g/mol. The topological polar surface area (TPSA) is 38.3 Å². The lowest BCUT2D eigenvalue weighted by molar-refractivity contribution is -0.152. The Labute approximate surface area is 133 Å². The number of methoxy groups -OCH3 is 1. The second-order valence-electron chi connectivity index (χ2n) is 6.18. The van der Waals surface area contributed by atoms with Crippen LogP contribution in [-0.2, 0) is 14.9 Å². The lowest BCUT2D eigenvalue weighted by atomic mass is 9.61. The third kappa shape index (κ3) is 2.86. The zero-order valence-electron chi connectivity index (χ0n) is 13.0. The van der Waals surface area contributed by atoms with Crippen LogP contribution in [0.25, 0.3) is 0 Å². The van der Waals surface area contributed by atoms with Crippen molar-refractivity contribution in [2.75, 3.05) is 13.7 Å². The van der Waals surface area contributed by atoms with Gasteiger partial charge in [0.25, 0.3) is 0 Å². The predicted molar refractivity (Wildman–Crippen MR) is 89.7 cm³/mol. The summed E-state index contributed by atoms with van der Waals surface area (Å²) in [4.78, 5) is 12.3. The monoisotopic (exact) mass is 299 g/mol. The van der Waals surface area contributed by atoms with Crippen LogP contribution in [-0.4, -0.2) is 25.7 Å². The SMILES string of the molecule is COC(=O)C1(c2ccccc2)CC(NCC2=CCCC=C2)C1.[HH]. The summed E-state index contributed by atoms with van der Waals surface area (Å²) < 4.78 is 5.07. The summed E-state index contributed by atoms with van der Waals surface area (Å²) in [5.74, 6) is -0.117. The van der Waals surface area contributed by atoms with Crippen molar-refractivity contribution in [3.05, 3.63) is 59.7 Å². The number of ether oxygens (including phenoxy) is 1. The molecule has 2 aliphatic carbocycles. The number of hydrogen-bond donors (Lipinski definition) is 1. The maximum absolute atomic E-state index is 12.3. The molecule has 1 aromatic rings. The maximum Gasteiger partial charge on any atom is 0.316 e. The maximum atomic E-state index is 12.3. The van der Waals surface area contributed by atoms with Gasteiger partial charge in [-0.1, -0.05) is 48.6 Å². The summed E-state index contributed by atoms with van der Waals surface area (Å²) in [5, 5.41) is 3.56. The molecule has 3 heteroatoms. The first kappa shape index (κ1) is 15.0. The van der Waals surface area contributed by atoms with Crippen molar-refractivity contribution in [1.29, 1.82) is 0 Å². The van der Waals surface area contributed by atoms with Crippen molar-refractivity contribution in [3.8, 4) is 0 Å². The molecule has 0 bridgehead atoms. The number of benzene rings is 1. The lowest BCUT2D eigenvalue weighted by Crippen LogP contribution is -2.56. The van der Waals surface area contributed by atoms with Gasteiger partial charge in [-0.2, -0.15) is 0 Å². The fraction of sp³-hybridized carbons (Fsp3) is 0.421. The Hall–Kier alpha value is -1.87. The van der Waals surface area contributed by atoms with E-state index in [0.717, 1.165) is 37.8 Å². The van der Waals surface area contributed by atoms with Crippen LogP contribution in [0.3, 0.4) is 0 Å². The number of hydrogen-bond acceptors (Lipinski definition) is 3. The zero-order valence-corrected chi connectivity index (χ0v) is 13.0. The molecule has 118 valence electrons. The van der Waals surface area contributed by atoms with Crippen molar-refractivity contribution < 1.29 is 11.0 Å². The van der Waals surface area contributed by atoms with Crippen LogP contribution < -0.4 is 5.32 Å². The molecule has 3 rings (SSSR count). The van der Waals surface area contributed by atoms with E-state index in [-0.39, 0.29) is 7.40 Å². The molecule has 0 spiro atoms. The minimum atomic E-state index is -0.468. The van der Waals surface area contributed by atoms with E-state index in [0.29, 0.717) is 6.04 Å². The molecule has 0 aliphatic heterocycles. The minimum Gasteiger partial charge on any atom is -0.468 e. The summed E-state index contributed by atoms with van der Waals surface area (Å²) in [7, 11) is 1.48. The highest BCUT2D eigenvalue weighted by atomic mass is 16.5. The molecule has 0 amide bonds. The number of nitrogens with one attached hydrogen (secondary N) is 1. The molecule has 3 nitrogen and oxygen atoms in total. The van der Waals surface area contributed by atoms with Crippen molar-refractivity contribution in [2.45, 2.75) is 37.1 Å². The molecule has 1 N–H and O–H groups in total. The van der Waals surface area contributed by atoms with Gasteiger partial charge in [-0.25, -0.2) is 0 Å². The first-order valence-electron chi connectivity index (χ1n) is 7.97. The van der Waals surface area contributed by atoms with Crippen LogP contribution in [0.2, 0.25) is 0 Å². The van der Waals surface area contributed by atoms with Crippen molar-refractivity contribution in [2.24, 2.45) is 0 Å². The van der Waals surface area contributed by atoms with Gasteiger partial charge in [0, 0.05) is 14.0 Å². The molecule has 0 radical (unpaired) electrons. The number of carbonyl (C=O) groups excluding carboxylic acids is 1. The van der Waals surface area contributed by atoms with Gasteiger partial charge in [-0.3, -0.25) is 4.79 Å². The lowest BCUT2D eigenvalue weighted by Gasteiger charge is -2.46. The highest BCUT2D eigenvalue weighted by Gasteiger charge is 2.52. The summed E-state index contributed by atoms with van der Waals surface area (Å²) in [6.07, 6.45) is 10.6. The van der Waals surface area contributed by atoms with Gasteiger partial charge in [-0.05, 0) is 36.8 Å². The number of esters is 1. The fourth-order valence-electron chi connectivity index (χ4n) is 3.46. The normalized spacial score (nSPS) is 27.0. The van der Waals surface area contributed by atoms with Gasteiger partial charge < -0.3 is 10.1 Å². The standard InChI is InChI=1S/C19H23NO2.H2/c1-22-18(21)19(16-10-6-3-7-11-16)12-17(13-19)20-14-15-8-4-2-5-9-15;/h3-4,6-11,17,20H,2,5,12-14H2,1H3;1H. The van der Waals surface area contributed by atoms with Gasteiger partial charge in [0.1, 0.15) is 0 Å². The minimum absolute atomic E-state index is 0. The molecular formula is C19H25NO2. The Kier molecular flexibility index (Phi) is 4.44. The van der Waals surface area contributed by atoms with E-state index >= 15 is 0 Å². The predicted octanol–water partition coefficient (Wildman–Crippen LogP) is 3.37. The Morgan fingerprint density at radius 1 is 1.32 bits per heavy atom. The van der Waals surface area contributed by atoms with Gasteiger partial charge in [0.15, 0.2) is 0 Å². The molecule has 2 aliphatic rings. The van der Waals surface area contributed by atoms with Crippen LogP contribution >= 0.6 is 0 Å². The fourth-order valence-corrected chi connectivity index (χ4v) is 3.46. The van der Waals surface area contributed by atoms with Crippen LogP contribution in [0.4, 0.5) is 0 Å². The Bertz CT molecular complexity index is 589. The third-order valence-electron chi connectivity index (χ3n) is 4.76. The Morgan fingerprint density at radius 3 is 2.73 bits per heavy atom. The van der Waals surface area contributed by atoms with Crippen LogP contribution in [0.5, 0.6) is 0 Å². The summed E-state index contributed by atoms with van der Waals surface area (Å²) >= 11 is 0. The van der Waals surface area contributed by atoms with E-state index in [1.807, 2.05) is 30.3 Å². The van der Waals surface area contributed by atoms with E-state index in [2.05, 4.69) is 23.5 Å². The van der Waals surface area contributed by atoms with Gasteiger partial charge in [-0.15, -0.1) is 0 Å². The number of carbonyl (C=O) groups is 1. The highest BCUT2D eigenvalue weighted by Crippen LogP contribution is 2.44. The van der Waals surface area contributed by atoms with E-state index in [9.17, 15) is 4.79 Å². The molecule has 1 fully saturated rings. The Balaban J connectivity index is 0.00000192. The molecule has 0 aromatic heterocycles. The van der Waals surface area contributed by atoms with Crippen LogP contribution in [0.15, 0.2) is 54.1 Å². The van der Waals surface area contributed by atoms with Gasteiger partial charge >= 0.3 is 5.97 Å². The van der Waals surface area contributed by atoms with E-state index < -0.39 is 5.41 Å². The van der Waals surface area contributed by atoms with Crippen molar-refractivity contribution in [1.82, 2.24) is 5.32 Å². The average Bonchev–Trinajstić information content (AvgIpc) is 2.55.